The third-order valence-electron chi connectivity index (χ3n) is 3.69. The number of benzene rings is 1. The Morgan fingerprint density at radius 1 is 1.24 bits per heavy atom. The number of fused-ring (bicyclic) bond motifs is 2. The summed E-state index contributed by atoms with van der Waals surface area (Å²) in [6, 6.07) is 6.09. The van der Waals surface area contributed by atoms with Crippen molar-refractivity contribution in [1.82, 2.24) is 10.3 Å². The van der Waals surface area contributed by atoms with Crippen LogP contribution < -0.4 is 19.7 Å². The van der Waals surface area contributed by atoms with Crippen molar-refractivity contribution in [2.75, 3.05) is 45.3 Å². The summed E-state index contributed by atoms with van der Waals surface area (Å²) in [6.07, 6.45) is 2.93. The van der Waals surface area contributed by atoms with Gasteiger partial charge in [0.15, 0.2) is 11.5 Å². The Kier molecular flexibility index (Phi) is 4.10. The molecule has 0 saturated heterocycles. The van der Waals surface area contributed by atoms with Crippen LogP contribution in [0.4, 0.5) is 5.82 Å². The molecular formula is C16H21N3O2. The zero-order valence-corrected chi connectivity index (χ0v) is 12.6. The lowest BCUT2D eigenvalue weighted by Gasteiger charge is -2.22. The smallest absolute Gasteiger partial charge is 0.162 e. The highest BCUT2D eigenvalue weighted by Gasteiger charge is 2.15. The molecule has 1 aromatic carbocycles. The monoisotopic (exact) mass is 287 g/mol. The van der Waals surface area contributed by atoms with Gasteiger partial charge in [-0.25, -0.2) is 4.98 Å². The molecule has 5 nitrogen and oxygen atoms in total. The van der Waals surface area contributed by atoms with Crippen LogP contribution in [0.2, 0.25) is 0 Å². The minimum atomic E-state index is 0.603. The molecule has 2 aromatic rings. The Labute approximate surface area is 124 Å². The number of hydrogen-bond donors (Lipinski definition) is 1. The summed E-state index contributed by atoms with van der Waals surface area (Å²) < 4.78 is 11.3. The fourth-order valence-electron chi connectivity index (χ4n) is 2.60. The summed E-state index contributed by atoms with van der Waals surface area (Å²) >= 11 is 0. The standard InChI is InChI=1S/C16H21N3O2/c1-17-5-3-7-19(2)16-13-11-15-14(20-8-9-21-15)10-12(13)4-6-18-16/h4,6,10-11,17H,3,5,7-9H2,1-2H3. The number of nitrogens with one attached hydrogen (secondary N) is 1. The highest BCUT2D eigenvalue weighted by molar-refractivity contribution is 5.94. The van der Waals surface area contributed by atoms with Gasteiger partial charge in [-0.05, 0) is 43.6 Å². The summed E-state index contributed by atoms with van der Waals surface area (Å²) in [7, 11) is 4.05. The van der Waals surface area contributed by atoms with Crippen LogP contribution in [0.25, 0.3) is 10.8 Å². The van der Waals surface area contributed by atoms with Gasteiger partial charge in [0.1, 0.15) is 19.0 Å². The molecule has 3 rings (SSSR count). The lowest BCUT2D eigenvalue weighted by molar-refractivity contribution is 0.172. The van der Waals surface area contributed by atoms with Gasteiger partial charge in [-0.15, -0.1) is 0 Å². The topological polar surface area (TPSA) is 46.6 Å². The first-order chi connectivity index (χ1) is 10.3. The molecule has 0 aliphatic carbocycles. The van der Waals surface area contributed by atoms with E-state index in [4.69, 9.17) is 9.47 Å². The first-order valence-electron chi connectivity index (χ1n) is 7.33. The van der Waals surface area contributed by atoms with E-state index in [1.54, 1.807) is 0 Å². The Bertz CT molecular complexity index is 630. The SMILES string of the molecule is CNCCCN(C)c1nccc2cc3c(cc12)OCCO3. The van der Waals surface area contributed by atoms with Crippen molar-refractivity contribution in [1.29, 1.82) is 0 Å². The summed E-state index contributed by atoms with van der Waals surface area (Å²) in [6.45, 7) is 3.18. The van der Waals surface area contributed by atoms with E-state index < -0.39 is 0 Å². The van der Waals surface area contributed by atoms with E-state index in [2.05, 4.69) is 22.2 Å². The highest BCUT2D eigenvalue weighted by atomic mass is 16.6. The van der Waals surface area contributed by atoms with Crippen LogP contribution in [0.15, 0.2) is 24.4 Å². The van der Waals surface area contributed by atoms with Crippen molar-refractivity contribution in [3.63, 3.8) is 0 Å². The fraction of sp³-hybridized carbons (Fsp3) is 0.438. The first-order valence-corrected chi connectivity index (χ1v) is 7.33. The van der Waals surface area contributed by atoms with Gasteiger partial charge in [-0.1, -0.05) is 0 Å². The number of hydrogen-bond acceptors (Lipinski definition) is 5. The molecule has 0 unspecified atom stereocenters. The van der Waals surface area contributed by atoms with Crippen LogP contribution in [0.5, 0.6) is 11.5 Å². The lowest BCUT2D eigenvalue weighted by Crippen LogP contribution is -2.23. The maximum Gasteiger partial charge on any atom is 0.162 e. The summed E-state index contributed by atoms with van der Waals surface area (Å²) in [4.78, 5) is 6.73. The predicted octanol–water partition coefficient (Wildman–Crippen LogP) is 2.05. The largest absolute Gasteiger partial charge is 0.486 e. The van der Waals surface area contributed by atoms with E-state index in [0.29, 0.717) is 13.2 Å². The maximum atomic E-state index is 5.68. The van der Waals surface area contributed by atoms with E-state index >= 15 is 0 Å². The fourth-order valence-corrected chi connectivity index (χ4v) is 2.60. The normalized spacial score (nSPS) is 13.4. The summed E-state index contributed by atoms with van der Waals surface area (Å²) in [5.74, 6) is 2.62. The van der Waals surface area contributed by atoms with Crippen LogP contribution in [-0.2, 0) is 0 Å². The second-order valence-corrected chi connectivity index (χ2v) is 5.23. The molecule has 1 aliphatic heterocycles. The van der Waals surface area contributed by atoms with Crippen molar-refractivity contribution >= 4 is 16.6 Å². The Balaban J connectivity index is 1.95. The van der Waals surface area contributed by atoms with Crippen molar-refractivity contribution < 1.29 is 9.47 Å². The third-order valence-corrected chi connectivity index (χ3v) is 3.69. The van der Waals surface area contributed by atoms with Gasteiger partial charge in [0.2, 0.25) is 0 Å². The number of pyridine rings is 1. The van der Waals surface area contributed by atoms with Crippen molar-refractivity contribution in [3.05, 3.63) is 24.4 Å². The van der Waals surface area contributed by atoms with Crippen molar-refractivity contribution in [2.45, 2.75) is 6.42 Å². The number of ether oxygens (including phenoxy) is 2. The molecule has 0 fully saturated rings. The number of aromatic nitrogens is 1. The van der Waals surface area contributed by atoms with Gasteiger partial charge in [0.05, 0.1) is 0 Å². The molecule has 2 heterocycles. The first kappa shape index (κ1) is 13.9. The molecule has 21 heavy (non-hydrogen) atoms. The van der Waals surface area contributed by atoms with E-state index in [1.807, 2.05) is 31.4 Å². The number of nitrogens with zero attached hydrogens (tertiary/aromatic N) is 2. The average Bonchev–Trinajstić information content (AvgIpc) is 2.52. The Morgan fingerprint density at radius 3 is 2.76 bits per heavy atom. The van der Waals surface area contributed by atoms with Gasteiger partial charge >= 0.3 is 0 Å². The molecule has 1 aromatic heterocycles. The Hall–Kier alpha value is -2.01. The lowest BCUT2D eigenvalue weighted by atomic mass is 10.1. The van der Waals surface area contributed by atoms with Crippen LogP contribution in [0, 0.1) is 0 Å². The molecule has 1 N–H and O–H groups in total. The van der Waals surface area contributed by atoms with Gasteiger partial charge in [-0.3, -0.25) is 0 Å². The predicted molar refractivity (Wildman–Crippen MR) is 84.5 cm³/mol. The minimum Gasteiger partial charge on any atom is -0.486 e. The van der Waals surface area contributed by atoms with Gasteiger partial charge in [0, 0.05) is 25.2 Å². The summed E-state index contributed by atoms with van der Waals surface area (Å²) in [5.41, 5.74) is 0. The van der Waals surface area contributed by atoms with Crippen LogP contribution in [-0.4, -0.2) is 45.4 Å². The molecule has 0 radical (unpaired) electrons. The second kappa shape index (κ2) is 6.18. The van der Waals surface area contributed by atoms with Crippen LogP contribution >= 0.6 is 0 Å². The van der Waals surface area contributed by atoms with E-state index in [0.717, 1.165) is 47.6 Å². The highest BCUT2D eigenvalue weighted by Crippen LogP contribution is 2.37. The zero-order chi connectivity index (χ0) is 14.7. The maximum absolute atomic E-state index is 5.68. The van der Waals surface area contributed by atoms with Crippen LogP contribution in [0.3, 0.4) is 0 Å². The third kappa shape index (κ3) is 2.88. The molecule has 0 spiro atoms. The summed E-state index contributed by atoms with van der Waals surface area (Å²) in [5, 5.41) is 5.40. The van der Waals surface area contributed by atoms with E-state index in [1.165, 1.54) is 0 Å². The van der Waals surface area contributed by atoms with E-state index in [-0.39, 0.29) is 0 Å². The minimum absolute atomic E-state index is 0.603. The zero-order valence-electron chi connectivity index (χ0n) is 12.6. The van der Waals surface area contributed by atoms with E-state index in [9.17, 15) is 0 Å². The van der Waals surface area contributed by atoms with Crippen molar-refractivity contribution in [2.24, 2.45) is 0 Å². The van der Waals surface area contributed by atoms with Crippen LogP contribution in [0.1, 0.15) is 6.42 Å². The number of rotatable bonds is 5. The molecule has 0 amide bonds. The molecule has 0 saturated carbocycles. The van der Waals surface area contributed by atoms with Gasteiger partial charge in [0.25, 0.3) is 0 Å². The average molecular weight is 287 g/mol. The molecule has 1 aliphatic rings. The van der Waals surface area contributed by atoms with Gasteiger partial charge < -0.3 is 19.7 Å². The molecular weight excluding hydrogens is 266 g/mol. The molecule has 0 atom stereocenters. The van der Waals surface area contributed by atoms with Crippen molar-refractivity contribution in [3.8, 4) is 11.5 Å². The number of anilines is 1. The Morgan fingerprint density at radius 2 is 2.00 bits per heavy atom. The molecule has 5 heteroatoms. The quantitative estimate of drug-likeness (QED) is 0.853. The molecule has 0 bridgehead atoms. The second-order valence-electron chi connectivity index (χ2n) is 5.23. The van der Waals surface area contributed by atoms with Gasteiger partial charge in [-0.2, -0.15) is 0 Å². The molecule has 112 valence electrons.